The lowest BCUT2D eigenvalue weighted by Crippen LogP contribution is -2.67. The Kier molecular flexibility index (Phi) is 23.8. The lowest BCUT2D eigenvalue weighted by Gasteiger charge is -2.47. The molecule has 6 heterocycles. The number of carbonyl (C=O) groups excluding carboxylic acids is 2. The van der Waals surface area contributed by atoms with Crippen LogP contribution in [0.5, 0.6) is 0 Å². The highest BCUT2D eigenvalue weighted by Gasteiger charge is 2.54. The number of rotatable bonds is 24. The van der Waals surface area contributed by atoms with E-state index in [1.54, 1.807) is 0 Å². The van der Waals surface area contributed by atoms with E-state index in [-0.39, 0.29) is 17.3 Å². The molecule has 5 aliphatic heterocycles. The fourth-order valence-electron chi connectivity index (χ4n) is 8.55. The molecular formula is C39H64N4O32P2S2. The number of nitrogens with one attached hydrogen (secondary N) is 3. The van der Waals surface area contributed by atoms with Crippen LogP contribution >= 0.6 is 39.2 Å². The van der Waals surface area contributed by atoms with Gasteiger partial charge in [-0.25, -0.2) is 13.9 Å². The molecule has 454 valence electrons. The van der Waals surface area contributed by atoms with Gasteiger partial charge in [0, 0.05) is 36.4 Å². The van der Waals surface area contributed by atoms with Crippen LogP contribution in [0.4, 0.5) is 0 Å². The molecule has 5 fully saturated rings. The van der Waals surface area contributed by atoms with Gasteiger partial charge in [0.1, 0.15) is 110 Å². The predicted molar refractivity (Wildman–Crippen MR) is 255 cm³/mol. The molecule has 36 nitrogen and oxygen atoms in total. The van der Waals surface area contributed by atoms with E-state index >= 15 is 0 Å². The van der Waals surface area contributed by atoms with Gasteiger partial charge in [0.25, 0.3) is 5.56 Å². The number of amides is 2. The Morgan fingerprint density at radius 3 is 1.82 bits per heavy atom. The van der Waals surface area contributed by atoms with Crippen molar-refractivity contribution in [1.29, 1.82) is 0 Å². The number of phosphoric acid groups is 2. The zero-order valence-electron chi connectivity index (χ0n) is 41.0. The number of aromatic nitrogens is 2. The van der Waals surface area contributed by atoms with Crippen molar-refractivity contribution in [2.45, 2.75) is 154 Å². The van der Waals surface area contributed by atoms with Crippen LogP contribution < -0.4 is 21.9 Å². The summed E-state index contributed by atoms with van der Waals surface area (Å²) in [6, 6.07) is -2.59. The van der Waals surface area contributed by atoms with Crippen LogP contribution in [0, 0.1) is 0 Å². The molecule has 79 heavy (non-hydrogen) atoms. The summed E-state index contributed by atoms with van der Waals surface area (Å²) in [5, 5.41) is 151. The molecule has 40 heteroatoms. The summed E-state index contributed by atoms with van der Waals surface area (Å²) in [6.45, 7) is -2.68. The molecule has 2 unspecified atom stereocenters. The maximum absolute atomic E-state index is 13.1. The molecule has 6 rings (SSSR count). The molecule has 5 aliphatic rings. The first-order valence-corrected chi connectivity index (χ1v) is 29.0. The van der Waals surface area contributed by atoms with E-state index in [9.17, 15) is 110 Å². The second-order valence-corrected chi connectivity index (χ2v) is 23.6. The highest BCUT2D eigenvalue weighted by Crippen LogP contribution is 2.61. The minimum atomic E-state index is -5.89. The van der Waals surface area contributed by atoms with Gasteiger partial charge in [0.15, 0.2) is 31.4 Å². The fourth-order valence-corrected chi connectivity index (χ4v) is 12.7. The zero-order valence-corrected chi connectivity index (χ0v) is 44.4. The summed E-state index contributed by atoms with van der Waals surface area (Å²) in [7, 11) is -11.6. The smallest absolute Gasteiger partial charge is 0.394 e. The number of phosphoric ester groups is 2. The molecule has 26 atom stereocenters. The molecule has 1 aromatic heterocycles. The second kappa shape index (κ2) is 28.5. The molecular weight excluding hydrogens is 1160 g/mol. The molecule has 0 aromatic carbocycles. The monoisotopic (exact) mass is 1230 g/mol. The van der Waals surface area contributed by atoms with Crippen molar-refractivity contribution in [1.82, 2.24) is 20.2 Å². The molecule has 19 N–H and O–H groups in total. The Labute approximate surface area is 453 Å². The molecule has 0 radical (unpaired) electrons. The number of thioether (sulfide) groups is 2. The van der Waals surface area contributed by atoms with Crippen molar-refractivity contribution in [3.8, 4) is 0 Å². The van der Waals surface area contributed by atoms with Gasteiger partial charge < -0.3 is 125 Å². The number of carbonyl (C=O) groups is 2. The highest BCUT2D eigenvalue weighted by atomic mass is 32.2. The van der Waals surface area contributed by atoms with Crippen molar-refractivity contribution < 1.29 is 147 Å². The summed E-state index contributed by atoms with van der Waals surface area (Å²) in [5.41, 5.74) is -1.86. The zero-order chi connectivity index (χ0) is 58.4. The number of H-pyrrole nitrogens is 1. The molecule has 0 aliphatic carbocycles. The molecule has 2 amide bonds. The Morgan fingerprint density at radius 1 is 0.646 bits per heavy atom. The van der Waals surface area contributed by atoms with E-state index in [1.165, 1.54) is 0 Å². The Bertz CT molecular complexity index is 2390. The van der Waals surface area contributed by atoms with Crippen molar-refractivity contribution in [2.75, 3.05) is 49.4 Å². The third-order valence-electron chi connectivity index (χ3n) is 12.7. The number of aliphatic hydroxyl groups is 14. The minimum absolute atomic E-state index is 0.125. The molecule has 5 saturated heterocycles. The van der Waals surface area contributed by atoms with E-state index in [2.05, 4.69) is 19.5 Å². The van der Waals surface area contributed by atoms with Gasteiger partial charge in [-0.3, -0.25) is 33.0 Å². The van der Waals surface area contributed by atoms with Crippen LogP contribution in [-0.2, 0) is 65.2 Å². The molecule has 0 spiro atoms. The summed E-state index contributed by atoms with van der Waals surface area (Å²) in [5.74, 6) is -1.88. The number of aromatic amines is 1. The average Bonchev–Trinajstić information content (AvgIpc) is 3.76. The summed E-state index contributed by atoms with van der Waals surface area (Å²) < 4.78 is 79.4. The van der Waals surface area contributed by atoms with E-state index < -0.39 is 218 Å². The minimum Gasteiger partial charge on any atom is -0.394 e. The quantitative estimate of drug-likeness (QED) is 0.0338. The normalized spacial score (nSPS) is 41.5. The van der Waals surface area contributed by atoms with E-state index in [0.717, 1.165) is 42.7 Å². The summed E-state index contributed by atoms with van der Waals surface area (Å²) in [4.78, 5) is 71.5. The number of aliphatic hydroxyl groups excluding tert-OH is 14. The molecule has 0 saturated carbocycles. The van der Waals surface area contributed by atoms with Crippen LogP contribution in [0.3, 0.4) is 0 Å². The summed E-state index contributed by atoms with van der Waals surface area (Å²) >= 11 is 2.05. The van der Waals surface area contributed by atoms with Crippen molar-refractivity contribution >= 4 is 51.0 Å². The SMILES string of the molecule is CC(=O)N[C@H]1[C@H](O[C@@H]2[C@@H](OC[C@H]3O[C@@H](O)[C@@H](O)[C@@H](O)[C@@H]3O)O[C@H](CSCCSCC(=O)N[C@H]3[C@@H](OP(=O)(O)OP(=O)(O)OC[C@H]4O[C@@H](n5ccc(=O)[nH]c5=O)[C@H](O)[C@@H]4O)O[C@H](CO)[C@@H](O)[C@@H]3O)[C@@H](O)[C@@H]2O)O[C@H](CO)[C@@H](O)[C@@H]1O. The maximum Gasteiger partial charge on any atom is 0.483 e. The van der Waals surface area contributed by atoms with Crippen molar-refractivity contribution in [3.63, 3.8) is 0 Å². The standard InChI is InChI=1S/C39H64N4O32P2S2/c1-12(46)40-20-27(54)22(49)13(6-44)70-36(20)73-33-30(57)26(53)17(72-38(33)66-8-15-24(51)29(56)32(59)35(60)69-15)10-78-4-5-79-11-19(48)41-21-28(55)23(50)14(7-45)71-37(21)74-77(64,65)75-76(62,63)67-9-16-25(52)31(58)34(68-16)43-3-2-18(47)42-39(43)61/h2-3,13-17,20-38,44-45,49-60H,4-11H2,1H3,(H,40,46)(H,41,48)(H,62,63)(H,64,65)(H,42,47,61)/t13-,14-,15-,16-,17-,20-,21-,22-,23-,24-,25-,26-,27-,28-,29+,30+,31-,32+,33+,34-,35-,36+,37-,38+/m1/s1. The maximum atomic E-state index is 13.1. The van der Waals surface area contributed by atoms with E-state index in [1.807, 2.05) is 4.98 Å². The number of hydrogen-bond donors (Lipinski definition) is 19. The largest absolute Gasteiger partial charge is 0.483 e. The third kappa shape index (κ3) is 16.6. The third-order valence-corrected chi connectivity index (χ3v) is 17.6. The van der Waals surface area contributed by atoms with Gasteiger partial charge in [-0.15, -0.1) is 0 Å². The van der Waals surface area contributed by atoms with Crippen molar-refractivity contribution in [2.24, 2.45) is 0 Å². The first-order chi connectivity index (χ1) is 37.1. The van der Waals surface area contributed by atoms with Crippen LogP contribution in [-0.4, -0.2) is 293 Å². The topological polar surface area (TPSA) is 563 Å². The average molecular weight is 1230 g/mol. The Morgan fingerprint density at radius 2 is 1.20 bits per heavy atom. The lowest BCUT2D eigenvalue weighted by molar-refractivity contribution is -0.358. The highest BCUT2D eigenvalue weighted by molar-refractivity contribution is 8.03. The Hall–Kier alpha value is -2.26. The van der Waals surface area contributed by atoms with Gasteiger partial charge in [0.2, 0.25) is 11.8 Å². The number of ether oxygens (including phenoxy) is 7. The number of hydrogen-bond acceptors (Lipinski definition) is 32. The fraction of sp³-hybridized carbons (Fsp3) is 0.846. The van der Waals surface area contributed by atoms with Crippen molar-refractivity contribution in [3.05, 3.63) is 33.1 Å². The van der Waals surface area contributed by atoms with Crippen LogP contribution in [0.1, 0.15) is 13.2 Å². The Balaban J connectivity index is 1.02. The lowest BCUT2D eigenvalue weighted by atomic mass is 9.96. The van der Waals surface area contributed by atoms with E-state index in [0.29, 0.717) is 4.57 Å². The summed E-state index contributed by atoms with van der Waals surface area (Å²) in [6.07, 6.45) is -38.8. The first kappa shape index (κ1) is 65.9. The predicted octanol–water partition coefficient (Wildman–Crippen LogP) is -10.6. The van der Waals surface area contributed by atoms with Crippen LogP contribution in [0.15, 0.2) is 21.9 Å². The van der Waals surface area contributed by atoms with Gasteiger partial charge in [-0.05, 0) is 0 Å². The first-order valence-electron chi connectivity index (χ1n) is 23.7. The number of nitrogens with zero attached hydrogens (tertiary/aromatic N) is 1. The van der Waals surface area contributed by atoms with Gasteiger partial charge in [-0.1, -0.05) is 0 Å². The van der Waals surface area contributed by atoms with Gasteiger partial charge >= 0.3 is 21.3 Å². The second-order valence-electron chi connectivity index (χ2n) is 18.3. The van der Waals surface area contributed by atoms with Crippen LogP contribution in [0.2, 0.25) is 0 Å². The van der Waals surface area contributed by atoms with Gasteiger partial charge in [0.05, 0.1) is 38.3 Å². The van der Waals surface area contributed by atoms with Gasteiger partial charge in [-0.2, -0.15) is 27.8 Å². The van der Waals surface area contributed by atoms with Crippen LogP contribution in [0.25, 0.3) is 0 Å². The van der Waals surface area contributed by atoms with E-state index in [4.69, 9.17) is 37.7 Å². The molecule has 0 bridgehead atoms. The molecule has 1 aromatic rings.